The number of aromatic nitrogens is 1. The minimum absolute atomic E-state index is 0.284. The molecule has 0 fully saturated rings. The van der Waals surface area contributed by atoms with Gasteiger partial charge in [0.25, 0.3) is 0 Å². The predicted molar refractivity (Wildman–Crippen MR) is 74.9 cm³/mol. The molecule has 1 atom stereocenters. The lowest BCUT2D eigenvalue weighted by Gasteiger charge is -2.21. The average molecular weight is 263 g/mol. The molecule has 1 aromatic rings. The lowest BCUT2D eigenvalue weighted by atomic mass is 10.1. The van der Waals surface area contributed by atoms with Crippen LogP contribution in [0.1, 0.15) is 35.0 Å². The van der Waals surface area contributed by atoms with Crippen molar-refractivity contribution in [2.24, 2.45) is 0 Å². The summed E-state index contributed by atoms with van der Waals surface area (Å²) >= 11 is 0. The number of carboxylic acids is 1. The molecule has 1 aliphatic rings. The number of aryl methyl sites for hydroxylation is 2. The maximum absolute atomic E-state index is 11.3. The molecule has 0 aromatic carbocycles. The van der Waals surface area contributed by atoms with E-state index in [0.29, 0.717) is 18.4 Å². The Morgan fingerprint density at radius 2 is 2.26 bits per heavy atom. The Bertz CT molecular complexity index is 486. The predicted octanol–water partition coefficient (Wildman–Crippen LogP) is 1.63. The van der Waals surface area contributed by atoms with Crippen LogP contribution in [0.15, 0.2) is 6.07 Å². The van der Waals surface area contributed by atoms with Crippen molar-refractivity contribution in [3.8, 4) is 0 Å². The van der Waals surface area contributed by atoms with Crippen molar-refractivity contribution in [3.05, 3.63) is 22.9 Å². The maximum Gasteiger partial charge on any atom is 0.339 e. The molecular weight excluding hydrogens is 242 g/mol. The van der Waals surface area contributed by atoms with Crippen molar-refractivity contribution in [3.63, 3.8) is 0 Å². The maximum atomic E-state index is 11.3. The van der Waals surface area contributed by atoms with Gasteiger partial charge < -0.3 is 15.3 Å². The fourth-order valence-corrected chi connectivity index (χ4v) is 2.20. The van der Waals surface area contributed by atoms with Gasteiger partial charge in [0.05, 0.1) is 0 Å². The Labute approximate surface area is 113 Å². The Balaban J connectivity index is 2.21. The highest BCUT2D eigenvalue weighted by molar-refractivity contribution is 5.93. The first kappa shape index (κ1) is 13.8. The third-order valence-electron chi connectivity index (χ3n) is 3.73. The van der Waals surface area contributed by atoms with Crippen molar-refractivity contribution in [2.45, 2.75) is 32.2 Å². The van der Waals surface area contributed by atoms with Gasteiger partial charge >= 0.3 is 5.97 Å². The van der Waals surface area contributed by atoms with E-state index in [-0.39, 0.29) is 5.56 Å². The summed E-state index contributed by atoms with van der Waals surface area (Å²) in [4.78, 5) is 17.9. The number of aromatic carboxylic acids is 1. The molecule has 1 heterocycles. The normalized spacial score (nSPS) is 15.4. The van der Waals surface area contributed by atoms with E-state index >= 15 is 0 Å². The summed E-state index contributed by atoms with van der Waals surface area (Å²) < 4.78 is 0. The number of rotatable bonds is 5. The first-order chi connectivity index (χ1) is 8.99. The number of nitrogens with zero attached hydrogens (tertiary/aromatic N) is 2. The molecule has 1 aliphatic carbocycles. The zero-order chi connectivity index (χ0) is 14.0. The molecule has 1 unspecified atom stereocenters. The first-order valence-electron chi connectivity index (χ1n) is 6.65. The number of nitrogens with one attached hydrogen (secondary N) is 1. The molecule has 2 N–H and O–H groups in total. The molecule has 0 aliphatic heterocycles. The fourth-order valence-electron chi connectivity index (χ4n) is 2.20. The van der Waals surface area contributed by atoms with E-state index in [0.717, 1.165) is 30.5 Å². The van der Waals surface area contributed by atoms with Gasteiger partial charge in [-0.25, -0.2) is 9.78 Å². The van der Waals surface area contributed by atoms with Crippen LogP contribution in [0.3, 0.4) is 0 Å². The highest BCUT2D eigenvalue weighted by atomic mass is 16.4. The quantitative estimate of drug-likeness (QED) is 0.845. The molecule has 5 nitrogen and oxygen atoms in total. The van der Waals surface area contributed by atoms with E-state index in [9.17, 15) is 9.90 Å². The van der Waals surface area contributed by atoms with Crippen LogP contribution in [0, 0.1) is 0 Å². The lowest BCUT2D eigenvalue weighted by Crippen LogP contribution is -2.32. The first-order valence-corrected chi connectivity index (χ1v) is 6.65. The van der Waals surface area contributed by atoms with E-state index in [4.69, 9.17) is 0 Å². The van der Waals surface area contributed by atoms with Gasteiger partial charge in [-0.1, -0.05) is 0 Å². The summed E-state index contributed by atoms with van der Waals surface area (Å²) in [5, 5.41) is 12.5. The van der Waals surface area contributed by atoms with Crippen LogP contribution in [0.5, 0.6) is 0 Å². The summed E-state index contributed by atoms with van der Waals surface area (Å²) in [6.07, 6.45) is 2.96. The molecule has 1 aromatic heterocycles. The van der Waals surface area contributed by atoms with Crippen LogP contribution in [-0.4, -0.2) is 47.6 Å². The van der Waals surface area contributed by atoms with Crippen LogP contribution < -0.4 is 5.32 Å². The number of anilines is 1. The molecule has 104 valence electrons. The van der Waals surface area contributed by atoms with Crippen LogP contribution in [0.4, 0.5) is 5.82 Å². The van der Waals surface area contributed by atoms with Crippen molar-refractivity contribution in [1.29, 1.82) is 0 Å². The molecule has 0 spiro atoms. The molecular formula is C14H21N3O2. The third kappa shape index (κ3) is 3.04. The highest BCUT2D eigenvalue weighted by Crippen LogP contribution is 2.25. The summed E-state index contributed by atoms with van der Waals surface area (Å²) in [6.45, 7) is 2.76. The van der Waals surface area contributed by atoms with Gasteiger partial charge in [-0.3, -0.25) is 0 Å². The van der Waals surface area contributed by atoms with E-state index in [2.05, 4.69) is 22.1 Å². The topological polar surface area (TPSA) is 65.5 Å². The summed E-state index contributed by atoms with van der Waals surface area (Å²) in [6, 6.07) is 2.09. The molecule has 19 heavy (non-hydrogen) atoms. The number of carbonyl (C=O) groups is 1. The molecule has 5 heteroatoms. The average Bonchev–Trinajstić information content (AvgIpc) is 2.81. The minimum Gasteiger partial charge on any atom is -0.478 e. The number of hydrogen-bond acceptors (Lipinski definition) is 4. The minimum atomic E-state index is -0.915. The van der Waals surface area contributed by atoms with Gasteiger partial charge in [0, 0.05) is 18.3 Å². The third-order valence-corrected chi connectivity index (χ3v) is 3.73. The number of carboxylic acid groups (broad SMARTS) is 1. The summed E-state index contributed by atoms with van der Waals surface area (Å²) in [5.41, 5.74) is 2.42. The van der Waals surface area contributed by atoms with Crippen molar-refractivity contribution in [2.75, 3.05) is 26.0 Å². The van der Waals surface area contributed by atoms with Gasteiger partial charge in [-0.2, -0.15) is 0 Å². The number of pyridine rings is 1. The Hall–Kier alpha value is -1.62. The molecule has 0 bridgehead atoms. The highest BCUT2D eigenvalue weighted by Gasteiger charge is 2.20. The van der Waals surface area contributed by atoms with E-state index < -0.39 is 5.97 Å². The second-order valence-corrected chi connectivity index (χ2v) is 5.34. The van der Waals surface area contributed by atoms with Crippen LogP contribution in [-0.2, 0) is 12.8 Å². The van der Waals surface area contributed by atoms with Gasteiger partial charge in [0.1, 0.15) is 11.4 Å². The molecule has 0 amide bonds. The van der Waals surface area contributed by atoms with Crippen molar-refractivity contribution in [1.82, 2.24) is 9.88 Å². The van der Waals surface area contributed by atoms with E-state index in [1.54, 1.807) is 6.07 Å². The van der Waals surface area contributed by atoms with Crippen molar-refractivity contribution >= 4 is 11.8 Å². The van der Waals surface area contributed by atoms with E-state index in [1.165, 1.54) is 0 Å². The number of likely N-dealkylation sites (N-methyl/N-ethyl adjacent to an activating group) is 1. The zero-order valence-corrected chi connectivity index (χ0v) is 11.7. The molecule has 0 radical (unpaired) electrons. The van der Waals surface area contributed by atoms with Gasteiger partial charge in [0.15, 0.2) is 0 Å². The Morgan fingerprint density at radius 1 is 1.53 bits per heavy atom. The smallest absolute Gasteiger partial charge is 0.339 e. The summed E-state index contributed by atoms with van der Waals surface area (Å²) in [5.74, 6) is -0.413. The van der Waals surface area contributed by atoms with Gasteiger partial charge in [0.2, 0.25) is 0 Å². The van der Waals surface area contributed by atoms with Gasteiger partial charge in [-0.15, -0.1) is 0 Å². The molecule has 2 rings (SSSR count). The zero-order valence-electron chi connectivity index (χ0n) is 11.7. The monoisotopic (exact) mass is 263 g/mol. The second kappa shape index (κ2) is 5.57. The number of hydrogen-bond donors (Lipinski definition) is 2. The standard InChI is InChI=1S/C14H21N3O2/c1-9(17(2)3)8-15-13-11(14(18)19)7-10-5-4-6-12(10)16-13/h7,9H,4-6,8H2,1-3H3,(H,15,16)(H,18,19). The Morgan fingerprint density at radius 3 is 2.89 bits per heavy atom. The van der Waals surface area contributed by atoms with Crippen molar-refractivity contribution < 1.29 is 9.90 Å². The second-order valence-electron chi connectivity index (χ2n) is 5.34. The molecule has 0 saturated carbocycles. The Kier molecular flexibility index (Phi) is 4.04. The fraction of sp³-hybridized carbons (Fsp3) is 0.571. The van der Waals surface area contributed by atoms with Crippen LogP contribution in [0.25, 0.3) is 0 Å². The largest absolute Gasteiger partial charge is 0.478 e. The lowest BCUT2D eigenvalue weighted by molar-refractivity contribution is 0.0697. The van der Waals surface area contributed by atoms with Crippen LogP contribution >= 0.6 is 0 Å². The summed E-state index contributed by atoms with van der Waals surface area (Å²) in [7, 11) is 4.00. The SMILES string of the molecule is CC(CNc1nc2c(cc1C(=O)O)CCC2)N(C)C. The molecule has 0 saturated heterocycles. The van der Waals surface area contributed by atoms with E-state index in [1.807, 2.05) is 14.1 Å². The number of fused-ring (bicyclic) bond motifs is 1. The van der Waals surface area contributed by atoms with Gasteiger partial charge in [-0.05, 0) is 51.9 Å². The van der Waals surface area contributed by atoms with Crippen LogP contribution in [0.2, 0.25) is 0 Å².